The van der Waals surface area contributed by atoms with Crippen molar-refractivity contribution in [3.05, 3.63) is 59.4 Å². The monoisotopic (exact) mass is 378 g/mol. The molecule has 28 heavy (non-hydrogen) atoms. The summed E-state index contributed by atoms with van der Waals surface area (Å²) in [6, 6.07) is 11.2. The Labute approximate surface area is 162 Å². The number of hydrogen-bond acceptors (Lipinski definition) is 4. The lowest BCUT2D eigenvalue weighted by atomic mass is 10.0. The van der Waals surface area contributed by atoms with Crippen LogP contribution in [-0.2, 0) is 33.6 Å². The molecule has 0 aliphatic heterocycles. The number of ether oxygens (including phenoxy) is 1. The van der Waals surface area contributed by atoms with Gasteiger partial charge >= 0.3 is 0 Å². The van der Waals surface area contributed by atoms with Crippen LogP contribution in [0, 0.1) is 0 Å². The van der Waals surface area contributed by atoms with E-state index in [1.165, 1.54) is 24.7 Å². The van der Waals surface area contributed by atoms with E-state index in [4.69, 9.17) is 9.15 Å². The maximum atomic E-state index is 12.5. The van der Waals surface area contributed by atoms with E-state index in [0.717, 1.165) is 29.4 Å². The number of anilines is 2. The van der Waals surface area contributed by atoms with Gasteiger partial charge in [0, 0.05) is 29.4 Å². The molecule has 6 nitrogen and oxygen atoms in total. The van der Waals surface area contributed by atoms with Crippen LogP contribution in [0.5, 0.6) is 0 Å². The second kappa shape index (κ2) is 7.86. The van der Waals surface area contributed by atoms with E-state index < -0.39 is 0 Å². The SMILES string of the molecule is COCC(=O)Nc1ccc(NC(=O)Cc2coc3cc4c(cc23)CCC4)cc1. The average Bonchev–Trinajstić information content (AvgIpc) is 3.28. The molecule has 3 aromatic rings. The first-order valence-corrected chi connectivity index (χ1v) is 9.33. The number of methoxy groups -OCH3 is 1. The van der Waals surface area contributed by atoms with Crippen molar-refractivity contribution in [2.75, 3.05) is 24.4 Å². The molecule has 6 heteroatoms. The third kappa shape index (κ3) is 3.92. The van der Waals surface area contributed by atoms with Gasteiger partial charge in [0.1, 0.15) is 12.2 Å². The molecule has 2 N–H and O–H groups in total. The predicted octanol–water partition coefficient (Wildman–Crippen LogP) is 3.69. The van der Waals surface area contributed by atoms with Gasteiger partial charge in [0.15, 0.2) is 0 Å². The molecule has 1 aromatic heterocycles. The third-order valence-electron chi connectivity index (χ3n) is 4.95. The number of carbonyl (C=O) groups is 2. The van der Waals surface area contributed by atoms with Crippen LogP contribution in [0.15, 0.2) is 47.1 Å². The van der Waals surface area contributed by atoms with Gasteiger partial charge in [0.25, 0.3) is 0 Å². The van der Waals surface area contributed by atoms with Gasteiger partial charge in [0.2, 0.25) is 11.8 Å². The van der Waals surface area contributed by atoms with E-state index in [9.17, 15) is 9.59 Å². The van der Waals surface area contributed by atoms with Gasteiger partial charge < -0.3 is 19.8 Å². The summed E-state index contributed by atoms with van der Waals surface area (Å²) in [5, 5.41) is 6.62. The molecular formula is C22H22N2O4. The summed E-state index contributed by atoms with van der Waals surface area (Å²) < 4.78 is 10.4. The maximum absolute atomic E-state index is 12.5. The fourth-order valence-electron chi connectivity index (χ4n) is 3.63. The average molecular weight is 378 g/mol. The smallest absolute Gasteiger partial charge is 0.250 e. The minimum absolute atomic E-state index is 0.000349. The van der Waals surface area contributed by atoms with Crippen molar-refractivity contribution in [3.8, 4) is 0 Å². The number of rotatable bonds is 6. The fraction of sp³-hybridized carbons (Fsp3) is 0.273. The van der Waals surface area contributed by atoms with E-state index in [-0.39, 0.29) is 24.8 Å². The molecule has 2 amide bonds. The van der Waals surface area contributed by atoms with Crippen LogP contribution in [0.2, 0.25) is 0 Å². The van der Waals surface area contributed by atoms with Crippen LogP contribution in [0.3, 0.4) is 0 Å². The highest BCUT2D eigenvalue weighted by molar-refractivity contribution is 5.96. The Morgan fingerprint density at radius 1 is 1.00 bits per heavy atom. The van der Waals surface area contributed by atoms with Gasteiger partial charge in [-0.25, -0.2) is 0 Å². The molecule has 0 atom stereocenters. The molecular weight excluding hydrogens is 356 g/mol. The first kappa shape index (κ1) is 18.3. The van der Waals surface area contributed by atoms with Crippen LogP contribution in [-0.4, -0.2) is 25.5 Å². The van der Waals surface area contributed by atoms with Gasteiger partial charge in [-0.05, 0) is 66.8 Å². The van der Waals surface area contributed by atoms with Crippen LogP contribution in [0.4, 0.5) is 11.4 Å². The minimum atomic E-state index is -0.224. The molecule has 0 unspecified atom stereocenters. The zero-order valence-corrected chi connectivity index (χ0v) is 15.7. The van der Waals surface area contributed by atoms with Crippen molar-refractivity contribution in [2.24, 2.45) is 0 Å². The molecule has 0 radical (unpaired) electrons. The molecule has 1 heterocycles. The molecule has 1 aliphatic rings. The number of furan rings is 1. The summed E-state index contributed by atoms with van der Waals surface area (Å²) >= 11 is 0. The topological polar surface area (TPSA) is 80.6 Å². The maximum Gasteiger partial charge on any atom is 0.250 e. The van der Waals surface area contributed by atoms with E-state index in [2.05, 4.69) is 22.8 Å². The highest BCUT2D eigenvalue weighted by atomic mass is 16.5. The normalized spacial score (nSPS) is 12.8. The number of nitrogens with one attached hydrogen (secondary N) is 2. The third-order valence-corrected chi connectivity index (χ3v) is 4.95. The fourth-order valence-corrected chi connectivity index (χ4v) is 3.63. The number of benzene rings is 2. The highest BCUT2D eigenvalue weighted by Crippen LogP contribution is 2.30. The van der Waals surface area contributed by atoms with Crippen molar-refractivity contribution in [3.63, 3.8) is 0 Å². The first-order valence-electron chi connectivity index (χ1n) is 9.33. The second-order valence-electron chi connectivity index (χ2n) is 7.02. The first-order chi connectivity index (χ1) is 13.6. The minimum Gasteiger partial charge on any atom is -0.464 e. The Bertz CT molecular complexity index is 1020. The number of fused-ring (bicyclic) bond motifs is 2. The van der Waals surface area contributed by atoms with Crippen molar-refractivity contribution < 1.29 is 18.7 Å². The van der Waals surface area contributed by atoms with E-state index in [1.807, 2.05) is 0 Å². The Morgan fingerprint density at radius 2 is 1.64 bits per heavy atom. The summed E-state index contributed by atoms with van der Waals surface area (Å²) in [5.41, 5.74) is 5.78. The molecule has 0 bridgehead atoms. The van der Waals surface area contributed by atoms with Gasteiger partial charge in [0.05, 0.1) is 12.7 Å². The zero-order valence-electron chi connectivity index (χ0n) is 15.7. The molecule has 0 saturated heterocycles. The largest absolute Gasteiger partial charge is 0.464 e. The molecule has 0 fully saturated rings. The highest BCUT2D eigenvalue weighted by Gasteiger charge is 2.16. The number of hydrogen-bond donors (Lipinski definition) is 2. The number of amides is 2. The lowest BCUT2D eigenvalue weighted by Crippen LogP contribution is -2.17. The van der Waals surface area contributed by atoms with Crippen LogP contribution in [0.25, 0.3) is 11.0 Å². The van der Waals surface area contributed by atoms with Crippen molar-refractivity contribution in [1.82, 2.24) is 0 Å². The molecule has 4 rings (SSSR count). The standard InChI is InChI=1S/C22H22N2O4/c1-27-13-22(26)24-18-7-5-17(6-8-18)23-21(25)11-16-12-28-20-10-15-4-2-3-14(15)9-19(16)20/h5-10,12H,2-4,11,13H2,1H3,(H,23,25)(H,24,26). The van der Waals surface area contributed by atoms with Crippen LogP contribution < -0.4 is 10.6 Å². The lowest BCUT2D eigenvalue weighted by Gasteiger charge is -2.08. The van der Waals surface area contributed by atoms with Crippen molar-refractivity contribution in [1.29, 1.82) is 0 Å². The summed E-state index contributed by atoms with van der Waals surface area (Å²) in [6.07, 6.45) is 5.30. The van der Waals surface area contributed by atoms with Crippen molar-refractivity contribution >= 4 is 34.2 Å². The molecule has 144 valence electrons. The molecule has 0 saturated carbocycles. The Kier molecular flexibility index (Phi) is 5.12. The van der Waals surface area contributed by atoms with Crippen LogP contribution >= 0.6 is 0 Å². The van der Waals surface area contributed by atoms with Crippen molar-refractivity contribution in [2.45, 2.75) is 25.7 Å². The van der Waals surface area contributed by atoms with Gasteiger partial charge in [-0.3, -0.25) is 9.59 Å². The van der Waals surface area contributed by atoms with Gasteiger partial charge in [-0.1, -0.05) is 0 Å². The van der Waals surface area contributed by atoms with Gasteiger partial charge in [-0.2, -0.15) is 0 Å². The quantitative estimate of drug-likeness (QED) is 0.686. The molecule has 1 aliphatic carbocycles. The van der Waals surface area contributed by atoms with E-state index in [0.29, 0.717) is 11.4 Å². The summed E-state index contributed by atoms with van der Waals surface area (Å²) in [4.78, 5) is 24.0. The van der Waals surface area contributed by atoms with E-state index in [1.54, 1.807) is 30.5 Å². The summed E-state index contributed by atoms with van der Waals surface area (Å²) in [6.45, 7) is 0.000349. The molecule has 2 aromatic carbocycles. The summed E-state index contributed by atoms with van der Waals surface area (Å²) in [7, 11) is 1.47. The number of aryl methyl sites for hydroxylation is 2. The van der Waals surface area contributed by atoms with E-state index >= 15 is 0 Å². The number of carbonyl (C=O) groups excluding carboxylic acids is 2. The summed E-state index contributed by atoms with van der Waals surface area (Å²) in [5.74, 6) is -0.336. The van der Waals surface area contributed by atoms with Crippen LogP contribution in [0.1, 0.15) is 23.1 Å². The Morgan fingerprint density at radius 3 is 2.32 bits per heavy atom. The zero-order chi connectivity index (χ0) is 19.5. The molecule has 0 spiro atoms. The lowest BCUT2D eigenvalue weighted by molar-refractivity contribution is -0.119. The Hall–Kier alpha value is -3.12. The Balaban J connectivity index is 1.41. The van der Waals surface area contributed by atoms with Gasteiger partial charge in [-0.15, -0.1) is 0 Å². The predicted molar refractivity (Wildman–Crippen MR) is 108 cm³/mol. The second-order valence-corrected chi connectivity index (χ2v) is 7.02.